The summed E-state index contributed by atoms with van der Waals surface area (Å²) < 4.78 is 0. The van der Waals surface area contributed by atoms with E-state index < -0.39 is 0 Å². The van der Waals surface area contributed by atoms with Crippen molar-refractivity contribution in [3.63, 3.8) is 0 Å². The molecule has 2 aromatic carbocycles. The molecule has 0 aliphatic heterocycles. The van der Waals surface area contributed by atoms with E-state index in [-0.39, 0.29) is 23.3 Å². The smallest absolute Gasteiger partial charge is 0.220 e. The van der Waals surface area contributed by atoms with Gasteiger partial charge in [0, 0.05) is 35.0 Å². The summed E-state index contributed by atoms with van der Waals surface area (Å²) in [5.74, 6) is 0.111. The molecular weight excluding hydrogens is 384 g/mol. The maximum atomic E-state index is 12.3. The Morgan fingerprint density at radius 3 is 2.45 bits per heavy atom. The molecule has 0 atom stereocenters. The maximum Gasteiger partial charge on any atom is 0.220 e. The molecule has 0 spiro atoms. The van der Waals surface area contributed by atoms with Gasteiger partial charge in [0.15, 0.2) is 5.78 Å². The Labute approximate surface area is 177 Å². The molecule has 0 bridgehead atoms. The molecule has 0 saturated heterocycles. The second-order valence-corrected chi connectivity index (χ2v) is 8.59. The lowest BCUT2D eigenvalue weighted by atomic mass is 9.76. The molecule has 0 unspecified atom stereocenters. The third-order valence-corrected chi connectivity index (χ3v) is 5.93. The summed E-state index contributed by atoms with van der Waals surface area (Å²) in [4.78, 5) is 24.4. The van der Waals surface area contributed by atoms with Crippen molar-refractivity contribution in [3.05, 3.63) is 70.7 Å². The van der Waals surface area contributed by atoms with E-state index in [9.17, 15) is 9.59 Å². The molecule has 154 valence electrons. The minimum absolute atomic E-state index is 0.0234. The van der Waals surface area contributed by atoms with E-state index in [1.807, 2.05) is 48.5 Å². The summed E-state index contributed by atoms with van der Waals surface area (Å²) in [6, 6.07) is 17.2. The van der Waals surface area contributed by atoms with Crippen LogP contribution in [0.2, 0.25) is 5.02 Å². The zero-order chi connectivity index (χ0) is 20.7. The summed E-state index contributed by atoms with van der Waals surface area (Å²) in [5.41, 5.74) is 8.23. The van der Waals surface area contributed by atoms with Crippen LogP contribution in [0.3, 0.4) is 0 Å². The Hall–Kier alpha value is -2.17. The zero-order valence-electron chi connectivity index (χ0n) is 16.7. The predicted octanol–water partition coefficient (Wildman–Crippen LogP) is 4.69. The molecule has 5 heteroatoms. The van der Waals surface area contributed by atoms with Gasteiger partial charge >= 0.3 is 0 Å². The van der Waals surface area contributed by atoms with E-state index in [0.29, 0.717) is 24.8 Å². The van der Waals surface area contributed by atoms with Crippen molar-refractivity contribution in [2.24, 2.45) is 5.73 Å². The van der Waals surface area contributed by atoms with E-state index in [4.69, 9.17) is 17.3 Å². The molecule has 1 fully saturated rings. The molecule has 4 nitrogen and oxygen atoms in total. The fourth-order valence-corrected chi connectivity index (χ4v) is 4.26. The highest BCUT2D eigenvalue weighted by Gasteiger charge is 2.32. The van der Waals surface area contributed by atoms with Crippen LogP contribution in [0.15, 0.2) is 54.6 Å². The number of hydrogen-bond donors (Lipinski definition) is 2. The van der Waals surface area contributed by atoms with Gasteiger partial charge in [-0.15, -0.1) is 0 Å². The highest BCUT2D eigenvalue weighted by Crippen LogP contribution is 2.30. The SMILES string of the molecule is NC1(Cc2cccc(Cl)c2)CCC(NC(=O)CCCC(=O)c2ccccc2)CC1. The average molecular weight is 413 g/mol. The van der Waals surface area contributed by atoms with Gasteiger partial charge < -0.3 is 11.1 Å². The van der Waals surface area contributed by atoms with Crippen LogP contribution < -0.4 is 11.1 Å². The topological polar surface area (TPSA) is 72.2 Å². The van der Waals surface area contributed by atoms with Crippen LogP contribution >= 0.6 is 11.6 Å². The highest BCUT2D eigenvalue weighted by atomic mass is 35.5. The van der Waals surface area contributed by atoms with E-state index in [2.05, 4.69) is 11.4 Å². The van der Waals surface area contributed by atoms with E-state index in [1.54, 1.807) is 0 Å². The lowest BCUT2D eigenvalue weighted by Gasteiger charge is -2.37. The molecule has 1 amide bonds. The molecule has 0 radical (unpaired) electrons. The maximum absolute atomic E-state index is 12.3. The fourth-order valence-electron chi connectivity index (χ4n) is 4.05. The van der Waals surface area contributed by atoms with Crippen LogP contribution in [-0.2, 0) is 11.2 Å². The Bertz CT molecular complexity index is 830. The molecule has 1 saturated carbocycles. The summed E-state index contributed by atoms with van der Waals surface area (Å²) in [5, 5.41) is 3.85. The summed E-state index contributed by atoms with van der Waals surface area (Å²) in [6.45, 7) is 0. The highest BCUT2D eigenvalue weighted by molar-refractivity contribution is 6.30. The van der Waals surface area contributed by atoms with E-state index in [0.717, 1.165) is 42.7 Å². The van der Waals surface area contributed by atoms with Crippen LogP contribution in [0, 0.1) is 0 Å². The second kappa shape index (κ2) is 10.0. The molecule has 0 heterocycles. The number of hydrogen-bond acceptors (Lipinski definition) is 3. The Balaban J connectivity index is 1.37. The van der Waals surface area contributed by atoms with Crippen molar-refractivity contribution < 1.29 is 9.59 Å². The minimum atomic E-state index is -0.242. The first-order valence-corrected chi connectivity index (χ1v) is 10.7. The molecule has 0 aromatic heterocycles. The number of nitrogens with two attached hydrogens (primary N) is 1. The predicted molar refractivity (Wildman–Crippen MR) is 117 cm³/mol. The van der Waals surface area contributed by atoms with Crippen molar-refractivity contribution in [2.45, 2.75) is 62.9 Å². The number of carbonyl (C=O) groups excluding carboxylic acids is 2. The Morgan fingerprint density at radius 2 is 1.76 bits per heavy atom. The number of halogens is 1. The number of benzene rings is 2. The van der Waals surface area contributed by atoms with Crippen LogP contribution in [0.1, 0.15) is 60.9 Å². The quantitative estimate of drug-likeness (QED) is 0.617. The van der Waals surface area contributed by atoms with Gasteiger partial charge in [0.2, 0.25) is 5.91 Å². The normalized spacial score (nSPS) is 21.5. The van der Waals surface area contributed by atoms with Crippen molar-refractivity contribution >= 4 is 23.3 Å². The van der Waals surface area contributed by atoms with Gasteiger partial charge in [-0.05, 0) is 56.2 Å². The number of Topliss-reactive ketones (excluding diaryl/α,β-unsaturated/α-hetero) is 1. The van der Waals surface area contributed by atoms with Crippen molar-refractivity contribution in [3.8, 4) is 0 Å². The standard InChI is InChI=1S/C24H29ClN2O2/c25-20-9-4-6-18(16-20)17-24(26)14-12-21(13-15-24)27-23(29)11-5-10-22(28)19-7-2-1-3-8-19/h1-4,6-9,16,21H,5,10-15,17,26H2,(H,27,29). The van der Waals surface area contributed by atoms with Gasteiger partial charge in [-0.25, -0.2) is 0 Å². The van der Waals surface area contributed by atoms with Crippen LogP contribution in [0.4, 0.5) is 0 Å². The molecule has 1 aliphatic rings. The van der Waals surface area contributed by atoms with E-state index in [1.165, 1.54) is 0 Å². The van der Waals surface area contributed by atoms with Crippen LogP contribution in [-0.4, -0.2) is 23.3 Å². The summed E-state index contributed by atoms with van der Waals surface area (Å²) in [7, 11) is 0. The number of nitrogens with one attached hydrogen (secondary N) is 1. The largest absolute Gasteiger partial charge is 0.353 e. The monoisotopic (exact) mass is 412 g/mol. The van der Waals surface area contributed by atoms with Gasteiger partial charge in [-0.1, -0.05) is 54.1 Å². The van der Waals surface area contributed by atoms with Crippen LogP contribution in [0.25, 0.3) is 0 Å². The average Bonchev–Trinajstić information content (AvgIpc) is 2.70. The number of carbonyl (C=O) groups is 2. The molecule has 2 aromatic rings. The molecule has 29 heavy (non-hydrogen) atoms. The second-order valence-electron chi connectivity index (χ2n) is 8.15. The lowest BCUT2D eigenvalue weighted by molar-refractivity contribution is -0.122. The minimum Gasteiger partial charge on any atom is -0.353 e. The van der Waals surface area contributed by atoms with Gasteiger partial charge in [0.25, 0.3) is 0 Å². The van der Waals surface area contributed by atoms with E-state index >= 15 is 0 Å². The third kappa shape index (κ3) is 6.69. The van der Waals surface area contributed by atoms with Gasteiger partial charge in [-0.3, -0.25) is 9.59 Å². The fraction of sp³-hybridized carbons (Fsp3) is 0.417. The zero-order valence-corrected chi connectivity index (χ0v) is 17.5. The summed E-state index contributed by atoms with van der Waals surface area (Å²) >= 11 is 6.07. The number of amides is 1. The van der Waals surface area contributed by atoms with Crippen molar-refractivity contribution in [1.29, 1.82) is 0 Å². The van der Waals surface area contributed by atoms with Gasteiger partial charge in [0.1, 0.15) is 0 Å². The third-order valence-electron chi connectivity index (χ3n) is 5.70. The number of rotatable bonds is 8. The molecular formula is C24H29ClN2O2. The Morgan fingerprint density at radius 1 is 1.03 bits per heavy atom. The number of ketones is 1. The van der Waals surface area contributed by atoms with Crippen LogP contribution in [0.5, 0.6) is 0 Å². The lowest BCUT2D eigenvalue weighted by Crippen LogP contribution is -2.49. The Kier molecular flexibility index (Phi) is 7.45. The van der Waals surface area contributed by atoms with Crippen molar-refractivity contribution in [2.75, 3.05) is 0 Å². The van der Waals surface area contributed by atoms with Gasteiger partial charge in [-0.2, -0.15) is 0 Å². The first kappa shape index (κ1) is 21.5. The molecule has 1 aliphatic carbocycles. The summed E-state index contributed by atoms with van der Waals surface area (Å²) in [6.07, 6.45) is 5.65. The van der Waals surface area contributed by atoms with Crippen molar-refractivity contribution in [1.82, 2.24) is 5.32 Å². The van der Waals surface area contributed by atoms with Gasteiger partial charge in [0.05, 0.1) is 0 Å². The first-order chi connectivity index (χ1) is 13.9. The molecule has 3 N–H and O–H groups in total. The molecule has 3 rings (SSSR count). The first-order valence-electron chi connectivity index (χ1n) is 10.3.